The molecule has 1 fully saturated rings. The van der Waals surface area contributed by atoms with E-state index in [-0.39, 0.29) is 0 Å². The molecule has 0 aromatic carbocycles. The van der Waals surface area contributed by atoms with Gasteiger partial charge in [0.15, 0.2) is 4.87 Å². The molecule has 0 spiro atoms. The summed E-state index contributed by atoms with van der Waals surface area (Å²) in [5, 5.41) is 0. The van der Waals surface area contributed by atoms with Crippen molar-refractivity contribution < 1.29 is 13.2 Å². The number of carbonyl (C=O) groups is 1. The highest BCUT2D eigenvalue weighted by Crippen LogP contribution is 2.24. The van der Waals surface area contributed by atoms with Crippen molar-refractivity contribution >= 4 is 16.1 Å². The molecule has 0 unspecified atom stereocenters. The van der Waals surface area contributed by atoms with Gasteiger partial charge < -0.3 is 4.90 Å². The van der Waals surface area contributed by atoms with E-state index in [1.54, 1.807) is 0 Å². The second kappa shape index (κ2) is 1.88. The highest BCUT2D eigenvalue weighted by molar-refractivity contribution is 7.91. The zero-order valence-electron chi connectivity index (χ0n) is 6.58. The lowest BCUT2D eigenvalue weighted by Gasteiger charge is -2.22. The van der Waals surface area contributed by atoms with E-state index in [0.717, 1.165) is 4.90 Å². The Labute approximate surface area is 65.4 Å². The summed E-state index contributed by atoms with van der Waals surface area (Å²) in [7, 11) is -2.05. The van der Waals surface area contributed by atoms with Crippen LogP contribution in [-0.4, -0.2) is 31.3 Å². The maximum atomic E-state index is 11.1. The summed E-state index contributed by atoms with van der Waals surface area (Å²) < 4.78 is 24.2. The number of rotatable bonds is 0. The van der Waals surface area contributed by atoms with E-state index >= 15 is 0 Å². The fourth-order valence-corrected chi connectivity index (χ4v) is 1.79. The summed E-state index contributed by atoms with van der Waals surface area (Å²) in [6.45, 7) is 2.94. The summed E-state index contributed by atoms with van der Waals surface area (Å²) in [4.78, 5) is 10.9. The van der Waals surface area contributed by atoms with Gasteiger partial charge in [-0.05, 0) is 13.8 Å². The number of carbonyl (C=O) groups excluding carboxylic acids is 1. The van der Waals surface area contributed by atoms with Crippen molar-refractivity contribution in [1.29, 1.82) is 0 Å². The lowest BCUT2D eigenvalue weighted by atomic mass is 10.3. The number of urea groups is 1. The van der Waals surface area contributed by atoms with E-state index in [1.165, 1.54) is 20.9 Å². The average molecular weight is 178 g/mol. The standard InChI is InChI=1S/C5H10N2O3S/c1-5(2)7(3)4(8)6-11(5,9)10/h1-3H3,(H,6,8). The highest BCUT2D eigenvalue weighted by Gasteiger charge is 2.48. The zero-order chi connectivity index (χ0) is 8.86. The fourth-order valence-electron chi connectivity index (χ4n) is 0.733. The van der Waals surface area contributed by atoms with Crippen molar-refractivity contribution in [2.75, 3.05) is 7.05 Å². The number of hydrogen-bond acceptors (Lipinski definition) is 3. The van der Waals surface area contributed by atoms with Crippen LogP contribution in [0.2, 0.25) is 0 Å². The molecule has 5 nitrogen and oxygen atoms in total. The van der Waals surface area contributed by atoms with Crippen LogP contribution in [0.4, 0.5) is 4.79 Å². The van der Waals surface area contributed by atoms with Crippen LogP contribution in [0.3, 0.4) is 0 Å². The van der Waals surface area contributed by atoms with Gasteiger partial charge in [0.2, 0.25) is 0 Å². The van der Waals surface area contributed by atoms with Crippen molar-refractivity contribution in [3.63, 3.8) is 0 Å². The lowest BCUT2D eigenvalue weighted by molar-refractivity contribution is 0.204. The zero-order valence-corrected chi connectivity index (χ0v) is 7.40. The highest BCUT2D eigenvalue weighted by atomic mass is 32.2. The monoisotopic (exact) mass is 178 g/mol. The summed E-state index contributed by atoms with van der Waals surface area (Å²) in [6, 6.07) is -0.574. The molecule has 1 heterocycles. The van der Waals surface area contributed by atoms with Crippen molar-refractivity contribution in [3.8, 4) is 0 Å². The molecule has 6 heteroatoms. The first-order valence-electron chi connectivity index (χ1n) is 3.09. The summed E-state index contributed by atoms with van der Waals surface area (Å²) >= 11 is 0. The summed E-state index contributed by atoms with van der Waals surface area (Å²) in [5.74, 6) is 0. The lowest BCUT2D eigenvalue weighted by Crippen LogP contribution is -2.41. The van der Waals surface area contributed by atoms with Crippen molar-refractivity contribution in [2.24, 2.45) is 0 Å². The second-order valence-corrected chi connectivity index (χ2v) is 5.13. The fraction of sp³-hybridized carbons (Fsp3) is 0.800. The molecule has 1 aliphatic heterocycles. The topological polar surface area (TPSA) is 66.5 Å². The predicted molar refractivity (Wildman–Crippen MR) is 39.3 cm³/mol. The molecule has 0 aromatic heterocycles. The van der Waals surface area contributed by atoms with E-state index in [4.69, 9.17) is 0 Å². The average Bonchev–Trinajstić information content (AvgIpc) is 1.93. The molecule has 1 saturated heterocycles. The number of sulfonamides is 1. The van der Waals surface area contributed by atoms with Gasteiger partial charge >= 0.3 is 6.03 Å². The molecule has 1 N–H and O–H groups in total. The third kappa shape index (κ3) is 0.891. The number of hydrogen-bond donors (Lipinski definition) is 1. The molecule has 0 atom stereocenters. The van der Waals surface area contributed by atoms with E-state index in [9.17, 15) is 13.2 Å². The first kappa shape index (κ1) is 8.32. The van der Waals surface area contributed by atoms with Crippen LogP contribution in [0.1, 0.15) is 13.8 Å². The first-order chi connectivity index (χ1) is 4.79. The van der Waals surface area contributed by atoms with Crippen molar-refractivity contribution in [1.82, 2.24) is 9.62 Å². The Morgan fingerprint density at radius 1 is 1.45 bits per heavy atom. The van der Waals surface area contributed by atoms with E-state index < -0.39 is 20.9 Å². The Balaban J connectivity index is 3.23. The molecule has 2 amide bonds. The third-order valence-electron chi connectivity index (χ3n) is 1.99. The van der Waals surface area contributed by atoms with Crippen LogP contribution < -0.4 is 4.72 Å². The molecule has 11 heavy (non-hydrogen) atoms. The smallest absolute Gasteiger partial charge is 0.306 e. The van der Waals surface area contributed by atoms with Gasteiger partial charge in [-0.3, -0.25) is 0 Å². The number of nitrogens with one attached hydrogen (secondary N) is 1. The Hall–Kier alpha value is -0.780. The van der Waals surface area contributed by atoms with Gasteiger partial charge in [0, 0.05) is 7.05 Å². The minimum atomic E-state index is -3.50. The largest absolute Gasteiger partial charge is 0.332 e. The van der Waals surface area contributed by atoms with Crippen LogP contribution in [0.15, 0.2) is 0 Å². The van der Waals surface area contributed by atoms with Crippen LogP contribution in [0.25, 0.3) is 0 Å². The van der Waals surface area contributed by atoms with Gasteiger partial charge in [-0.2, -0.15) is 0 Å². The maximum absolute atomic E-state index is 11.1. The van der Waals surface area contributed by atoms with Crippen LogP contribution in [0.5, 0.6) is 0 Å². The molecule has 0 radical (unpaired) electrons. The van der Waals surface area contributed by atoms with Gasteiger partial charge in [0.1, 0.15) is 0 Å². The summed E-state index contributed by atoms with van der Waals surface area (Å²) in [6.07, 6.45) is 0. The Kier molecular flexibility index (Phi) is 1.42. The molecule has 0 aliphatic carbocycles. The Morgan fingerprint density at radius 2 is 1.91 bits per heavy atom. The van der Waals surface area contributed by atoms with Gasteiger partial charge in [-0.25, -0.2) is 17.9 Å². The first-order valence-corrected chi connectivity index (χ1v) is 4.57. The number of amides is 2. The Morgan fingerprint density at radius 3 is 2.00 bits per heavy atom. The minimum absolute atomic E-state index is 0.574. The molecule has 0 bridgehead atoms. The molecule has 64 valence electrons. The molecule has 1 rings (SSSR count). The van der Waals surface area contributed by atoms with Gasteiger partial charge in [0.25, 0.3) is 10.0 Å². The van der Waals surface area contributed by atoms with Crippen molar-refractivity contribution in [2.45, 2.75) is 18.7 Å². The third-order valence-corrected chi connectivity index (χ3v) is 4.02. The maximum Gasteiger partial charge on any atom is 0.332 e. The minimum Gasteiger partial charge on any atom is -0.306 e. The van der Waals surface area contributed by atoms with Gasteiger partial charge in [0.05, 0.1) is 0 Å². The van der Waals surface area contributed by atoms with E-state index in [1.807, 2.05) is 4.72 Å². The number of nitrogens with zero attached hydrogens (tertiary/aromatic N) is 1. The normalized spacial score (nSPS) is 26.8. The molecular formula is C5H10N2O3S. The second-order valence-electron chi connectivity index (χ2n) is 2.92. The molecule has 0 saturated carbocycles. The SMILES string of the molecule is CN1C(=O)NS(=O)(=O)C1(C)C. The summed E-state index contributed by atoms with van der Waals surface area (Å²) in [5.41, 5.74) is 0. The molecular weight excluding hydrogens is 168 g/mol. The predicted octanol–water partition coefficient (Wildman–Crippen LogP) is -0.293. The molecule has 0 aromatic rings. The molecule has 1 aliphatic rings. The van der Waals surface area contributed by atoms with E-state index in [0.29, 0.717) is 0 Å². The van der Waals surface area contributed by atoms with Crippen LogP contribution >= 0.6 is 0 Å². The quantitative estimate of drug-likeness (QED) is 0.554. The van der Waals surface area contributed by atoms with Gasteiger partial charge in [-0.1, -0.05) is 0 Å². The van der Waals surface area contributed by atoms with E-state index in [2.05, 4.69) is 0 Å². The van der Waals surface area contributed by atoms with Crippen LogP contribution in [0, 0.1) is 0 Å². The van der Waals surface area contributed by atoms with Crippen LogP contribution in [-0.2, 0) is 10.0 Å². The Bertz CT molecular complexity index is 293. The van der Waals surface area contributed by atoms with Gasteiger partial charge in [-0.15, -0.1) is 0 Å². The van der Waals surface area contributed by atoms with Crippen molar-refractivity contribution in [3.05, 3.63) is 0 Å².